The second kappa shape index (κ2) is 44.8. The Balaban J connectivity index is 0.000000154. The molecule has 662 valence electrons. The Labute approximate surface area is 740 Å². The van der Waals surface area contributed by atoms with Gasteiger partial charge in [0.2, 0.25) is 11.6 Å². The average Bonchev–Trinajstić information content (AvgIpc) is 1.68. The SMILES string of the molecule is CC1=C(O)C(=Nc2c(NCCCN(C)C)nn3ccccc23)C=CC1=O.CN(C)CCCNc1nn2ccccc2c1N=C1C=C(Cl)C(O)=CC1=O.CN(C)CCCNc1nn2ccccc2c1N=C1C=CC(=O)C=C1N.CN(C)CCCNc1nn2ccccc2c1N=C1C=CC(=O)C=C1O.CN(C)CCCNc1nn2ccccc2c1N=C1C=CC(N)=CC1=O. The first-order valence-electron chi connectivity index (χ1n) is 41.3. The van der Waals surface area contributed by atoms with E-state index in [2.05, 4.69) is 102 Å². The zero-order valence-electron chi connectivity index (χ0n) is 73.0. The number of nitrogens with zero attached hydrogens (tertiary/aromatic N) is 20. The summed E-state index contributed by atoms with van der Waals surface area (Å²) in [5.74, 6) is 1.60. The summed E-state index contributed by atoms with van der Waals surface area (Å²) in [5, 5.41) is 69.2. The molecule has 5 aliphatic rings. The minimum atomic E-state index is -0.402. The van der Waals surface area contributed by atoms with E-state index in [0.29, 0.717) is 91.7 Å². The summed E-state index contributed by atoms with van der Waals surface area (Å²) in [6.45, 7) is 10.3. The predicted molar refractivity (Wildman–Crippen MR) is 507 cm³/mol. The van der Waals surface area contributed by atoms with Crippen LogP contribution in [0.15, 0.2) is 265 Å². The second-order valence-corrected chi connectivity index (χ2v) is 31.4. The first kappa shape index (κ1) is 93.3. The van der Waals surface area contributed by atoms with Gasteiger partial charge in [-0.3, -0.25) is 24.0 Å². The number of rotatable bonds is 30. The summed E-state index contributed by atoms with van der Waals surface area (Å²) in [7, 11) is 20.4. The number of aliphatic hydroxyl groups excluding tert-OH is 3. The van der Waals surface area contributed by atoms with Crippen molar-refractivity contribution < 1.29 is 39.3 Å². The van der Waals surface area contributed by atoms with Crippen molar-refractivity contribution in [2.45, 2.75) is 39.0 Å². The lowest BCUT2D eigenvalue weighted by Crippen LogP contribution is -2.16. The van der Waals surface area contributed by atoms with Crippen LogP contribution in [0.3, 0.4) is 0 Å². The topological polar surface area (TPSA) is 423 Å². The van der Waals surface area contributed by atoms with Crippen LogP contribution >= 0.6 is 11.6 Å². The molecule has 12 N–H and O–H groups in total. The van der Waals surface area contributed by atoms with Crippen molar-refractivity contribution in [3.8, 4) is 0 Å². The van der Waals surface area contributed by atoms with Crippen LogP contribution < -0.4 is 38.1 Å². The van der Waals surface area contributed by atoms with E-state index in [1.54, 1.807) is 47.7 Å². The molecule has 10 heterocycles. The highest BCUT2D eigenvalue weighted by atomic mass is 35.5. The van der Waals surface area contributed by atoms with E-state index in [0.717, 1.165) is 143 Å². The molecule has 0 bridgehead atoms. The number of pyridine rings is 5. The lowest BCUT2D eigenvalue weighted by atomic mass is 10.0. The molecule has 0 aromatic carbocycles. The highest BCUT2D eigenvalue weighted by molar-refractivity contribution is 6.52. The van der Waals surface area contributed by atoms with Crippen LogP contribution in [0.5, 0.6) is 0 Å². The Morgan fingerprint density at radius 3 is 1.00 bits per heavy atom. The van der Waals surface area contributed by atoms with Gasteiger partial charge in [-0.1, -0.05) is 41.9 Å². The molecule has 127 heavy (non-hydrogen) atoms. The molecule has 0 atom stereocenters. The van der Waals surface area contributed by atoms with Gasteiger partial charge in [0.1, 0.15) is 68.6 Å². The van der Waals surface area contributed by atoms with E-state index in [9.17, 15) is 39.3 Å². The quantitative estimate of drug-likeness (QED) is 0.0114. The number of nitrogens with one attached hydrogen (secondary N) is 5. The lowest BCUT2D eigenvalue weighted by molar-refractivity contribution is -0.112. The number of anilines is 5. The number of aliphatic imine (C=N–C) groups is 5. The van der Waals surface area contributed by atoms with Crippen LogP contribution in [-0.2, 0) is 24.0 Å². The Bertz CT molecular complexity index is 6050. The Kier molecular flexibility index (Phi) is 32.9. The molecule has 0 amide bonds. The minimum Gasteiger partial charge on any atom is -0.506 e. The van der Waals surface area contributed by atoms with Crippen LogP contribution in [-0.4, -0.2) is 281 Å². The van der Waals surface area contributed by atoms with Gasteiger partial charge in [0.05, 0.1) is 44.0 Å². The second-order valence-electron chi connectivity index (χ2n) is 31.0. The van der Waals surface area contributed by atoms with E-state index >= 15 is 0 Å². The number of hydrogen-bond acceptors (Lipinski definition) is 30. The van der Waals surface area contributed by atoms with Gasteiger partial charge in [0, 0.05) is 99.3 Å². The molecule has 36 heteroatoms. The van der Waals surface area contributed by atoms with Crippen LogP contribution in [0.25, 0.3) is 27.6 Å². The summed E-state index contributed by atoms with van der Waals surface area (Å²) in [4.78, 5) is 92.1. The van der Waals surface area contributed by atoms with Crippen molar-refractivity contribution in [2.75, 3.05) is 163 Å². The molecule has 10 aromatic heterocycles. The van der Waals surface area contributed by atoms with Crippen molar-refractivity contribution in [1.29, 1.82) is 0 Å². The number of allylic oxidation sites excluding steroid dienone is 15. The molecule has 0 saturated carbocycles. The minimum absolute atomic E-state index is 0.0836. The normalized spacial score (nSPS) is 16.1. The number of fused-ring (bicyclic) bond motifs is 5. The molecule has 10 aromatic rings. The highest BCUT2D eigenvalue weighted by Crippen LogP contribution is 2.37. The summed E-state index contributed by atoms with van der Waals surface area (Å²) in [6.07, 6.45) is 32.7. The molecule has 5 aliphatic carbocycles. The fourth-order valence-electron chi connectivity index (χ4n) is 12.9. The van der Waals surface area contributed by atoms with E-state index < -0.39 is 5.78 Å². The predicted octanol–water partition coefficient (Wildman–Crippen LogP) is 11.5. The Morgan fingerprint density at radius 1 is 0.346 bits per heavy atom. The van der Waals surface area contributed by atoms with Gasteiger partial charge in [-0.05, 0) is 258 Å². The first-order valence-corrected chi connectivity index (χ1v) is 41.6. The third-order valence-corrected chi connectivity index (χ3v) is 19.7. The third-order valence-electron chi connectivity index (χ3n) is 19.4. The average molecular weight is 1740 g/mol. The summed E-state index contributed by atoms with van der Waals surface area (Å²) >= 11 is 5.93. The maximum atomic E-state index is 12.1. The summed E-state index contributed by atoms with van der Waals surface area (Å²) in [6, 6.07) is 28.6. The lowest BCUT2D eigenvalue weighted by Gasteiger charge is -2.11. The largest absolute Gasteiger partial charge is 0.506 e. The zero-order valence-corrected chi connectivity index (χ0v) is 73.8. The van der Waals surface area contributed by atoms with Gasteiger partial charge < -0.3 is 77.9 Å². The van der Waals surface area contributed by atoms with Crippen LogP contribution in [0.2, 0.25) is 0 Å². The monoisotopic (exact) mass is 1740 g/mol. The molecule has 15 rings (SSSR count). The molecular formula is C91H108ClN27O8. The number of aromatic nitrogens is 10. The molecule has 35 nitrogen and oxygen atoms in total. The van der Waals surface area contributed by atoms with Crippen LogP contribution in [0, 0.1) is 0 Å². The number of carbonyl (C=O) groups excluding carboxylic acids is 5. The number of carbonyl (C=O) groups is 5. The zero-order chi connectivity index (χ0) is 90.8. The molecule has 0 aliphatic heterocycles. The number of nitrogens with two attached hydrogens (primary N) is 2. The van der Waals surface area contributed by atoms with Crippen LogP contribution in [0.1, 0.15) is 39.0 Å². The van der Waals surface area contributed by atoms with Crippen molar-refractivity contribution in [2.24, 2.45) is 36.4 Å². The Morgan fingerprint density at radius 2 is 0.654 bits per heavy atom. The van der Waals surface area contributed by atoms with Crippen molar-refractivity contribution in [1.82, 2.24) is 72.6 Å². The van der Waals surface area contributed by atoms with Gasteiger partial charge in [-0.25, -0.2) is 47.5 Å². The number of aliphatic hydroxyl groups is 3. The van der Waals surface area contributed by atoms with Crippen molar-refractivity contribution in [3.63, 3.8) is 0 Å². The molecular weight excluding hydrogens is 1630 g/mol. The Hall–Kier alpha value is -14.4. The van der Waals surface area contributed by atoms with E-state index in [1.165, 1.54) is 48.6 Å². The van der Waals surface area contributed by atoms with E-state index in [4.69, 9.17) is 23.1 Å². The molecule has 0 spiro atoms. The molecule has 0 unspecified atom stereocenters. The maximum absolute atomic E-state index is 12.1. The van der Waals surface area contributed by atoms with E-state index in [1.807, 2.05) is 192 Å². The van der Waals surface area contributed by atoms with E-state index in [-0.39, 0.29) is 51.2 Å². The highest BCUT2D eigenvalue weighted by Gasteiger charge is 2.25. The van der Waals surface area contributed by atoms with Crippen molar-refractivity contribution >= 4 is 154 Å². The fourth-order valence-corrected chi connectivity index (χ4v) is 13.1. The number of ketones is 5. The van der Waals surface area contributed by atoms with Gasteiger partial charge in [-0.15, -0.1) is 25.5 Å². The van der Waals surface area contributed by atoms with Crippen LogP contribution in [0.4, 0.5) is 57.5 Å². The summed E-state index contributed by atoms with van der Waals surface area (Å²) < 4.78 is 8.74. The summed E-state index contributed by atoms with van der Waals surface area (Å²) in [5.41, 5.74) is 21.8. The van der Waals surface area contributed by atoms with Gasteiger partial charge in [0.15, 0.2) is 46.4 Å². The number of hydrogen-bond donors (Lipinski definition) is 10. The van der Waals surface area contributed by atoms with Gasteiger partial charge in [0.25, 0.3) is 0 Å². The maximum Gasteiger partial charge on any atom is 0.207 e. The number of halogens is 1. The standard InChI is InChI=1S/C19H23N5O2.C18H20ClN5O2.2C18H22N6O.C18H21N5O2/c1-13-16(25)9-8-14(18(13)26)21-17-15-7-4-5-12-24(15)22-19(17)20-10-6-11-23(2)3;1-23(2)8-5-7-20-18-17(14-6-3-4-9-24(14)22-18)21-13-10-12(19)15(25)11-16(13)26;1-23(2)10-5-9-20-18-17(16-6-3-4-11-24(16)22-18)21-15-8-7-13(25)12-14(15)19;1-23(2)10-5-9-20-18-17(15-6-3-4-11-24(15)22-18)21-14-8-7-13(19)12-16(14)25;1-22(2)10-5-9-19-18-17(15-6-3-4-11-23(15)21-18)20-14-8-7-13(24)12-16(14)25/h4-5,7-9,12,26H,6,10-11H2,1-3H3,(H,20,22);3-4,6,9-11,25H,5,7-8H2,1-2H3,(H,20,22);2*3-4,6-8,11-12H,5,9-10,19H2,1-2H3,(H,20,22);3-4,6-8,11-12,25H,5,9-10H2,1-2H3,(H,19,21). The van der Waals surface area contributed by atoms with Crippen molar-refractivity contribution in [3.05, 3.63) is 240 Å². The first-order chi connectivity index (χ1) is 61.0. The van der Waals surface area contributed by atoms with Gasteiger partial charge in [-0.2, -0.15) is 0 Å². The fraction of sp³-hybridized carbons (Fsp3) is 0.286. The van der Waals surface area contributed by atoms with Gasteiger partial charge >= 0.3 is 0 Å². The third kappa shape index (κ3) is 25.9. The smallest absolute Gasteiger partial charge is 0.207 e. The molecule has 0 saturated heterocycles. The molecule has 0 fully saturated rings. The molecule has 0 radical (unpaired) electrons.